The lowest BCUT2D eigenvalue weighted by molar-refractivity contribution is 0.0939. The number of rotatable bonds is 7. The van der Waals surface area contributed by atoms with Gasteiger partial charge in [0.05, 0.1) is 18.0 Å². The summed E-state index contributed by atoms with van der Waals surface area (Å²) in [6, 6.07) is 21.6. The number of nitrogens with one attached hydrogen (secondary N) is 2. The minimum atomic E-state index is -3.73. The molecular weight excluding hydrogens is 388 g/mol. The molecule has 3 aromatic carbocycles. The van der Waals surface area contributed by atoms with Crippen molar-refractivity contribution in [2.24, 2.45) is 0 Å². The molecule has 3 aromatic rings. The quantitative estimate of drug-likeness (QED) is 0.617. The van der Waals surface area contributed by atoms with Gasteiger partial charge in [-0.3, -0.25) is 9.52 Å². The maximum absolute atomic E-state index is 12.7. The van der Waals surface area contributed by atoms with Crippen LogP contribution in [0.4, 0.5) is 5.69 Å². The number of para-hydroxylation sites is 1. The van der Waals surface area contributed by atoms with Crippen LogP contribution in [0.1, 0.15) is 28.9 Å². The first kappa shape index (κ1) is 20.4. The second-order valence-corrected chi connectivity index (χ2v) is 8.12. The lowest BCUT2D eigenvalue weighted by Crippen LogP contribution is -2.27. The summed E-state index contributed by atoms with van der Waals surface area (Å²) in [4.78, 5) is 12.8. The number of ether oxygens (including phenoxy) is 1. The zero-order valence-corrected chi connectivity index (χ0v) is 16.9. The van der Waals surface area contributed by atoms with Crippen molar-refractivity contribution in [3.8, 4) is 5.75 Å². The zero-order chi connectivity index (χ0) is 20.9. The normalized spacial score (nSPS) is 12.1. The van der Waals surface area contributed by atoms with Crippen molar-refractivity contribution in [3.05, 3.63) is 90.0 Å². The number of amides is 1. The molecule has 0 aliphatic carbocycles. The molecule has 6 nitrogen and oxygen atoms in total. The van der Waals surface area contributed by atoms with Crippen LogP contribution in [0.5, 0.6) is 5.75 Å². The number of hydrogen-bond acceptors (Lipinski definition) is 4. The third kappa shape index (κ3) is 4.94. The number of benzene rings is 3. The lowest BCUT2D eigenvalue weighted by atomic mass is 10.1. The average molecular weight is 410 g/mol. The second-order valence-electron chi connectivity index (χ2n) is 6.44. The van der Waals surface area contributed by atoms with Crippen molar-refractivity contribution in [2.75, 3.05) is 11.8 Å². The fourth-order valence-corrected chi connectivity index (χ4v) is 3.99. The number of methoxy groups -OCH3 is 1. The van der Waals surface area contributed by atoms with Crippen molar-refractivity contribution in [3.63, 3.8) is 0 Å². The summed E-state index contributed by atoms with van der Waals surface area (Å²) >= 11 is 0. The van der Waals surface area contributed by atoms with Crippen LogP contribution in [0.15, 0.2) is 83.8 Å². The van der Waals surface area contributed by atoms with Gasteiger partial charge < -0.3 is 10.1 Å². The molecule has 29 heavy (non-hydrogen) atoms. The molecule has 0 heterocycles. The Balaban J connectivity index is 1.76. The average Bonchev–Trinajstić information content (AvgIpc) is 2.74. The lowest BCUT2D eigenvalue weighted by Gasteiger charge is -2.17. The first-order valence-electron chi connectivity index (χ1n) is 9.02. The molecule has 0 radical (unpaired) electrons. The molecule has 0 aromatic heterocycles. The van der Waals surface area contributed by atoms with E-state index in [0.717, 1.165) is 5.56 Å². The standard InChI is InChI=1S/C22H22N2O4S/c1-16(20-13-6-7-14-21(20)28-2)23-22(25)17-9-8-10-18(15-17)24-29(26,27)19-11-4-3-5-12-19/h3-16,24H,1-2H3,(H,23,25)/t16-/m0/s1. The van der Waals surface area contributed by atoms with E-state index in [2.05, 4.69) is 10.0 Å². The molecule has 0 unspecified atom stereocenters. The monoisotopic (exact) mass is 410 g/mol. The van der Waals surface area contributed by atoms with Crippen LogP contribution < -0.4 is 14.8 Å². The van der Waals surface area contributed by atoms with Gasteiger partial charge in [-0.05, 0) is 43.3 Å². The molecule has 7 heteroatoms. The van der Waals surface area contributed by atoms with Gasteiger partial charge in [-0.1, -0.05) is 42.5 Å². The summed E-state index contributed by atoms with van der Waals surface area (Å²) in [6.45, 7) is 1.86. The third-order valence-electron chi connectivity index (χ3n) is 4.38. The number of sulfonamides is 1. The van der Waals surface area contributed by atoms with Crippen LogP contribution in [0.25, 0.3) is 0 Å². The second kappa shape index (κ2) is 8.79. The van der Waals surface area contributed by atoms with Crippen molar-refractivity contribution < 1.29 is 17.9 Å². The van der Waals surface area contributed by atoms with Crippen LogP contribution in [-0.2, 0) is 10.0 Å². The van der Waals surface area contributed by atoms with E-state index in [9.17, 15) is 13.2 Å². The third-order valence-corrected chi connectivity index (χ3v) is 5.78. The van der Waals surface area contributed by atoms with E-state index in [4.69, 9.17) is 4.74 Å². The molecule has 0 aliphatic rings. The van der Waals surface area contributed by atoms with E-state index in [0.29, 0.717) is 17.0 Å². The van der Waals surface area contributed by atoms with Crippen molar-refractivity contribution in [1.29, 1.82) is 0 Å². The summed E-state index contributed by atoms with van der Waals surface area (Å²) in [7, 11) is -2.15. The predicted octanol–water partition coefficient (Wildman–Crippen LogP) is 3.99. The molecule has 0 saturated carbocycles. The highest BCUT2D eigenvalue weighted by Gasteiger charge is 2.17. The van der Waals surface area contributed by atoms with Crippen LogP contribution >= 0.6 is 0 Å². The summed E-state index contributed by atoms with van der Waals surface area (Å²) in [5.74, 6) is 0.369. The van der Waals surface area contributed by atoms with Crippen LogP contribution in [0.3, 0.4) is 0 Å². The molecule has 1 amide bonds. The molecule has 3 rings (SSSR count). The highest BCUT2D eigenvalue weighted by molar-refractivity contribution is 7.92. The fourth-order valence-electron chi connectivity index (χ4n) is 2.92. The first-order valence-corrected chi connectivity index (χ1v) is 10.5. The number of hydrogen-bond donors (Lipinski definition) is 2. The zero-order valence-electron chi connectivity index (χ0n) is 16.1. The van der Waals surface area contributed by atoms with Crippen molar-refractivity contribution in [2.45, 2.75) is 17.9 Å². The Bertz CT molecular complexity index is 1100. The SMILES string of the molecule is COc1ccccc1[C@H](C)NC(=O)c1cccc(NS(=O)(=O)c2ccccc2)c1. The Labute approximate surface area is 170 Å². The largest absolute Gasteiger partial charge is 0.496 e. The van der Waals surface area contributed by atoms with Crippen LogP contribution in [-0.4, -0.2) is 21.4 Å². The molecule has 0 spiro atoms. The molecule has 0 fully saturated rings. The van der Waals surface area contributed by atoms with Gasteiger partial charge in [0.25, 0.3) is 15.9 Å². The minimum Gasteiger partial charge on any atom is -0.496 e. The van der Waals surface area contributed by atoms with Gasteiger partial charge in [-0.15, -0.1) is 0 Å². The Kier molecular flexibility index (Phi) is 6.19. The van der Waals surface area contributed by atoms with Gasteiger partial charge in [-0.2, -0.15) is 0 Å². The topological polar surface area (TPSA) is 84.5 Å². The number of carbonyl (C=O) groups is 1. The van der Waals surface area contributed by atoms with E-state index in [1.807, 2.05) is 31.2 Å². The number of anilines is 1. The Morgan fingerprint density at radius 3 is 2.34 bits per heavy atom. The Morgan fingerprint density at radius 2 is 1.62 bits per heavy atom. The van der Waals surface area contributed by atoms with E-state index >= 15 is 0 Å². The van der Waals surface area contributed by atoms with Gasteiger partial charge in [0.1, 0.15) is 5.75 Å². The first-order chi connectivity index (χ1) is 13.9. The van der Waals surface area contributed by atoms with Gasteiger partial charge in [-0.25, -0.2) is 8.42 Å². The van der Waals surface area contributed by atoms with Crippen molar-refractivity contribution >= 4 is 21.6 Å². The van der Waals surface area contributed by atoms with Crippen LogP contribution in [0, 0.1) is 0 Å². The molecule has 1 atom stereocenters. The minimum absolute atomic E-state index is 0.152. The van der Waals surface area contributed by atoms with Gasteiger partial charge >= 0.3 is 0 Å². The summed E-state index contributed by atoms with van der Waals surface area (Å²) < 4.78 is 32.8. The highest BCUT2D eigenvalue weighted by atomic mass is 32.2. The fraction of sp³-hybridized carbons (Fsp3) is 0.136. The van der Waals surface area contributed by atoms with Crippen LogP contribution in [0.2, 0.25) is 0 Å². The smallest absolute Gasteiger partial charge is 0.261 e. The predicted molar refractivity (Wildman–Crippen MR) is 113 cm³/mol. The maximum Gasteiger partial charge on any atom is 0.261 e. The number of carbonyl (C=O) groups excluding carboxylic acids is 1. The molecular formula is C22H22N2O4S. The van der Waals surface area contributed by atoms with E-state index in [-0.39, 0.29) is 16.8 Å². The summed E-state index contributed by atoms with van der Waals surface area (Å²) in [5, 5.41) is 2.91. The molecule has 0 bridgehead atoms. The highest BCUT2D eigenvalue weighted by Crippen LogP contribution is 2.25. The Morgan fingerprint density at radius 1 is 0.931 bits per heavy atom. The van der Waals surface area contributed by atoms with Gasteiger partial charge in [0.2, 0.25) is 0 Å². The molecule has 2 N–H and O–H groups in total. The van der Waals surface area contributed by atoms with Gasteiger partial charge in [0, 0.05) is 16.8 Å². The maximum atomic E-state index is 12.7. The Hall–Kier alpha value is -3.32. The van der Waals surface area contributed by atoms with E-state index in [1.54, 1.807) is 43.5 Å². The molecule has 0 aliphatic heterocycles. The van der Waals surface area contributed by atoms with Crippen molar-refractivity contribution in [1.82, 2.24) is 5.32 Å². The van der Waals surface area contributed by atoms with E-state index < -0.39 is 10.0 Å². The summed E-state index contributed by atoms with van der Waals surface area (Å²) in [6.07, 6.45) is 0. The molecule has 150 valence electrons. The molecule has 0 saturated heterocycles. The summed E-state index contributed by atoms with van der Waals surface area (Å²) in [5.41, 5.74) is 1.51. The van der Waals surface area contributed by atoms with E-state index in [1.165, 1.54) is 18.2 Å². The van der Waals surface area contributed by atoms with Gasteiger partial charge in [0.15, 0.2) is 0 Å².